The van der Waals surface area contributed by atoms with Crippen LogP contribution in [0.1, 0.15) is 18.6 Å². The summed E-state index contributed by atoms with van der Waals surface area (Å²) in [4.78, 5) is 21.0. The fourth-order valence-corrected chi connectivity index (χ4v) is 2.41. The van der Waals surface area contributed by atoms with Crippen LogP contribution in [0.25, 0.3) is 0 Å². The number of nitrogens with zero attached hydrogens (tertiary/aromatic N) is 4. The molecule has 0 spiro atoms. The van der Waals surface area contributed by atoms with Crippen LogP contribution in [-0.2, 0) is 6.54 Å². The topological polar surface area (TPSA) is 97.3 Å². The van der Waals surface area contributed by atoms with E-state index < -0.39 is 4.92 Å². The van der Waals surface area contributed by atoms with Gasteiger partial charge in [0.05, 0.1) is 17.7 Å². The van der Waals surface area contributed by atoms with Gasteiger partial charge in [0.1, 0.15) is 12.1 Å². The van der Waals surface area contributed by atoms with Crippen LogP contribution in [0.3, 0.4) is 0 Å². The maximum Gasteiger partial charge on any atom is 0.353 e. The van der Waals surface area contributed by atoms with E-state index in [-0.39, 0.29) is 11.5 Å². The zero-order chi connectivity index (χ0) is 14.7. The molecule has 0 atom stereocenters. The third-order valence-corrected chi connectivity index (χ3v) is 3.40. The van der Waals surface area contributed by atoms with Crippen molar-refractivity contribution < 1.29 is 9.34 Å². The molecule has 110 valence electrons. The van der Waals surface area contributed by atoms with E-state index >= 15 is 0 Å². The first-order chi connectivity index (χ1) is 10.3. The first-order valence-electron chi connectivity index (χ1n) is 6.76. The molecule has 1 saturated heterocycles. The smallest absolute Gasteiger partial charge is 0.353 e. The molecule has 8 nitrogen and oxygen atoms in total. The molecule has 0 unspecified atom stereocenters. The Morgan fingerprint density at radius 3 is 2.86 bits per heavy atom. The second-order valence-corrected chi connectivity index (χ2v) is 4.78. The van der Waals surface area contributed by atoms with Gasteiger partial charge in [-0.2, -0.15) is 0 Å². The Morgan fingerprint density at radius 1 is 1.38 bits per heavy atom. The molecule has 1 aliphatic heterocycles. The molecule has 8 heteroatoms. The zero-order valence-corrected chi connectivity index (χ0v) is 11.4. The van der Waals surface area contributed by atoms with E-state index in [9.17, 15) is 10.1 Å². The number of nitrogens with one attached hydrogen (secondary N) is 1. The molecule has 0 aliphatic carbocycles. The molecule has 21 heavy (non-hydrogen) atoms. The van der Waals surface area contributed by atoms with Crippen LogP contribution in [0, 0.1) is 10.1 Å². The molecule has 3 heterocycles. The summed E-state index contributed by atoms with van der Waals surface area (Å²) in [7, 11) is 0. The largest absolute Gasteiger partial charge is 0.467 e. The first kappa shape index (κ1) is 13.3. The maximum absolute atomic E-state index is 11.4. The van der Waals surface area contributed by atoms with Gasteiger partial charge in [0.2, 0.25) is 11.6 Å². The summed E-state index contributed by atoms with van der Waals surface area (Å²) in [6.07, 6.45) is 4.96. The fourth-order valence-electron chi connectivity index (χ4n) is 2.41. The van der Waals surface area contributed by atoms with E-state index in [0.29, 0.717) is 18.1 Å². The summed E-state index contributed by atoms with van der Waals surface area (Å²) in [5.41, 5.74) is -0.0778. The predicted octanol–water partition coefficient (Wildman–Crippen LogP) is 2.19. The van der Waals surface area contributed by atoms with Crippen LogP contribution in [0.5, 0.6) is 0 Å². The van der Waals surface area contributed by atoms with Crippen molar-refractivity contribution in [3.63, 3.8) is 0 Å². The number of nitro groups is 1. The molecular weight excluding hydrogens is 274 g/mol. The molecule has 1 N–H and O–H groups in total. The summed E-state index contributed by atoms with van der Waals surface area (Å²) >= 11 is 0. The van der Waals surface area contributed by atoms with Crippen LogP contribution in [0.4, 0.5) is 17.3 Å². The zero-order valence-electron chi connectivity index (χ0n) is 11.4. The lowest BCUT2D eigenvalue weighted by Gasteiger charge is -2.16. The van der Waals surface area contributed by atoms with Crippen molar-refractivity contribution >= 4 is 17.3 Å². The number of hydrogen-bond donors (Lipinski definition) is 1. The van der Waals surface area contributed by atoms with Gasteiger partial charge in [0.15, 0.2) is 0 Å². The van der Waals surface area contributed by atoms with E-state index in [2.05, 4.69) is 15.3 Å². The second-order valence-electron chi connectivity index (χ2n) is 4.78. The summed E-state index contributed by atoms with van der Waals surface area (Å²) < 4.78 is 5.20. The minimum absolute atomic E-state index is 0.0778. The van der Waals surface area contributed by atoms with Crippen molar-refractivity contribution in [2.45, 2.75) is 19.4 Å². The SMILES string of the molecule is O=[N+]([O-])c1c(NCc2ccco2)ncnc1N1CCCC1. The van der Waals surface area contributed by atoms with Gasteiger partial charge in [-0.1, -0.05) is 0 Å². The second kappa shape index (κ2) is 5.78. The highest BCUT2D eigenvalue weighted by Crippen LogP contribution is 2.33. The molecule has 1 aliphatic rings. The van der Waals surface area contributed by atoms with Gasteiger partial charge in [-0.15, -0.1) is 0 Å². The average molecular weight is 289 g/mol. The highest BCUT2D eigenvalue weighted by atomic mass is 16.6. The minimum Gasteiger partial charge on any atom is -0.467 e. The molecule has 0 aromatic carbocycles. The lowest BCUT2D eigenvalue weighted by atomic mass is 10.3. The third-order valence-electron chi connectivity index (χ3n) is 3.40. The van der Waals surface area contributed by atoms with Crippen LogP contribution >= 0.6 is 0 Å². The fraction of sp³-hybridized carbons (Fsp3) is 0.385. The molecule has 2 aromatic rings. The minimum atomic E-state index is -0.432. The van der Waals surface area contributed by atoms with Crippen LogP contribution in [-0.4, -0.2) is 28.0 Å². The average Bonchev–Trinajstić information content (AvgIpc) is 3.17. The Balaban J connectivity index is 1.88. The van der Waals surface area contributed by atoms with Gasteiger partial charge < -0.3 is 14.6 Å². The van der Waals surface area contributed by atoms with Gasteiger partial charge in [-0.05, 0) is 25.0 Å². The monoisotopic (exact) mass is 289 g/mol. The molecule has 0 radical (unpaired) electrons. The quantitative estimate of drug-likeness (QED) is 0.665. The molecule has 0 bridgehead atoms. The van der Waals surface area contributed by atoms with Crippen molar-refractivity contribution in [3.05, 3.63) is 40.6 Å². The van der Waals surface area contributed by atoms with Crippen molar-refractivity contribution in [1.82, 2.24) is 9.97 Å². The van der Waals surface area contributed by atoms with Crippen molar-refractivity contribution in [2.75, 3.05) is 23.3 Å². The summed E-state index contributed by atoms with van der Waals surface area (Å²) in [6, 6.07) is 3.56. The van der Waals surface area contributed by atoms with Crippen LogP contribution in [0.15, 0.2) is 29.1 Å². The molecule has 2 aromatic heterocycles. The maximum atomic E-state index is 11.4. The van der Waals surface area contributed by atoms with Crippen LogP contribution in [0.2, 0.25) is 0 Å². The lowest BCUT2D eigenvalue weighted by molar-refractivity contribution is -0.383. The van der Waals surface area contributed by atoms with E-state index in [1.54, 1.807) is 18.4 Å². The Bertz CT molecular complexity index is 623. The molecule has 0 saturated carbocycles. The van der Waals surface area contributed by atoms with Gasteiger partial charge >= 0.3 is 5.69 Å². The number of rotatable bonds is 5. The van der Waals surface area contributed by atoms with Crippen LogP contribution < -0.4 is 10.2 Å². The highest BCUT2D eigenvalue weighted by molar-refractivity contribution is 5.70. The highest BCUT2D eigenvalue weighted by Gasteiger charge is 2.28. The standard InChI is InChI=1S/C13H15N5O3/c19-18(20)11-12(14-8-10-4-3-7-21-10)15-9-16-13(11)17-5-1-2-6-17/h3-4,7,9H,1-2,5-6,8H2,(H,14,15,16). The van der Waals surface area contributed by atoms with Crippen molar-refractivity contribution in [3.8, 4) is 0 Å². The van der Waals surface area contributed by atoms with E-state index in [1.165, 1.54) is 6.33 Å². The van der Waals surface area contributed by atoms with Gasteiger partial charge in [0.25, 0.3) is 0 Å². The van der Waals surface area contributed by atoms with Crippen molar-refractivity contribution in [1.29, 1.82) is 0 Å². The molecular formula is C13H15N5O3. The predicted molar refractivity (Wildman–Crippen MR) is 76.2 cm³/mol. The Labute approximate surface area is 121 Å². The summed E-state index contributed by atoms with van der Waals surface area (Å²) in [5.74, 6) is 1.29. The van der Waals surface area contributed by atoms with E-state index in [0.717, 1.165) is 25.9 Å². The van der Waals surface area contributed by atoms with Gasteiger partial charge in [-0.25, -0.2) is 9.97 Å². The normalized spacial score (nSPS) is 14.4. The Morgan fingerprint density at radius 2 is 2.19 bits per heavy atom. The molecule has 1 fully saturated rings. The number of anilines is 2. The van der Waals surface area contributed by atoms with E-state index in [4.69, 9.17) is 4.42 Å². The molecule has 3 rings (SSSR count). The van der Waals surface area contributed by atoms with Crippen molar-refractivity contribution in [2.24, 2.45) is 0 Å². The Kier molecular flexibility index (Phi) is 3.67. The lowest BCUT2D eigenvalue weighted by Crippen LogP contribution is -2.21. The Hall–Kier alpha value is -2.64. The number of hydrogen-bond acceptors (Lipinski definition) is 7. The summed E-state index contributed by atoms with van der Waals surface area (Å²) in [5, 5.41) is 14.3. The first-order valence-corrected chi connectivity index (χ1v) is 6.76. The summed E-state index contributed by atoms with van der Waals surface area (Å²) in [6.45, 7) is 1.91. The molecule has 0 amide bonds. The third kappa shape index (κ3) is 2.78. The van der Waals surface area contributed by atoms with Gasteiger partial charge in [0, 0.05) is 13.1 Å². The van der Waals surface area contributed by atoms with Gasteiger partial charge in [-0.3, -0.25) is 10.1 Å². The number of furan rings is 1. The van der Waals surface area contributed by atoms with E-state index in [1.807, 2.05) is 4.90 Å². The number of aromatic nitrogens is 2.